The minimum Gasteiger partial charge on any atom is -0.481 e. The molecule has 0 spiro atoms. The maximum absolute atomic E-state index is 11.0. The number of hydrogen-bond acceptors (Lipinski definition) is 5. The Balaban J connectivity index is 3.54. The lowest BCUT2D eigenvalue weighted by Crippen LogP contribution is -2.15. The van der Waals surface area contributed by atoms with Crippen molar-refractivity contribution in [2.24, 2.45) is 11.8 Å². The topological polar surface area (TPSA) is 63.6 Å². The zero-order valence-electron chi connectivity index (χ0n) is 9.06. The highest BCUT2D eigenvalue weighted by atomic mass is 33.1. The highest BCUT2D eigenvalue weighted by Gasteiger charge is 2.14. The number of carbonyl (C=O) groups excluding carboxylic acids is 1. The van der Waals surface area contributed by atoms with Gasteiger partial charge in [-0.2, -0.15) is 0 Å². The number of hydrogen-bond donors (Lipinski definition) is 1. The summed E-state index contributed by atoms with van der Waals surface area (Å²) >= 11 is 0. The van der Waals surface area contributed by atoms with E-state index in [1.807, 2.05) is 0 Å². The van der Waals surface area contributed by atoms with Gasteiger partial charge in [-0.05, 0) is 0 Å². The predicted molar refractivity (Wildman–Crippen MR) is 62.9 cm³/mol. The first kappa shape index (κ1) is 14.6. The SMILES string of the molecule is COC(=O)[C@H](C)CSSC[C@@H](C)C(=O)O. The first-order valence-corrected chi connectivity index (χ1v) is 7.02. The van der Waals surface area contributed by atoms with Gasteiger partial charge in [0, 0.05) is 11.5 Å². The number of carbonyl (C=O) groups is 2. The first-order valence-electron chi connectivity index (χ1n) is 4.54. The van der Waals surface area contributed by atoms with Crippen LogP contribution in [0.1, 0.15) is 13.8 Å². The Labute approximate surface area is 97.5 Å². The molecular weight excluding hydrogens is 236 g/mol. The van der Waals surface area contributed by atoms with Gasteiger partial charge in [-0.15, -0.1) is 0 Å². The number of esters is 1. The number of carboxylic acids is 1. The summed E-state index contributed by atoms with van der Waals surface area (Å²) in [4.78, 5) is 21.5. The summed E-state index contributed by atoms with van der Waals surface area (Å²) < 4.78 is 4.57. The Kier molecular flexibility index (Phi) is 7.68. The van der Waals surface area contributed by atoms with E-state index in [4.69, 9.17) is 5.11 Å². The fourth-order valence-corrected chi connectivity index (χ4v) is 3.32. The van der Waals surface area contributed by atoms with Crippen LogP contribution in [-0.2, 0) is 14.3 Å². The van der Waals surface area contributed by atoms with Crippen molar-refractivity contribution in [3.63, 3.8) is 0 Å². The standard InChI is InChI=1S/C9H16O4S2/c1-6(8(10)11)4-14-15-5-7(2)9(12)13-3/h6-7H,4-5H2,1-3H3,(H,10,11)/t6-,7-/m1/s1. The highest BCUT2D eigenvalue weighted by Crippen LogP contribution is 2.26. The third-order valence-corrected chi connectivity index (χ3v) is 4.50. The number of methoxy groups -OCH3 is 1. The van der Waals surface area contributed by atoms with Crippen LogP contribution in [0.15, 0.2) is 0 Å². The van der Waals surface area contributed by atoms with Crippen molar-refractivity contribution in [3.05, 3.63) is 0 Å². The van der Waals surface area contributed by atoms with Crippen LogP contribution in [0.3, 0.4) is 0 Å². The summed E-state index contributed by atoms with van der Waals surface area (Å²) in [6.07, 6.45) is 0. The molecule has 4 nitrogen and oxygen atoms in total. The van der Waals surface area contributed by atoms with Gasteiger partial charge in [0.25, 0.3) is 0 Å². The smallest absolute Gasteiger partial charge is 0.309 e. The Bertz CT molecular complexity index is 220. The van der Waals surface area contributed by atoms with Gasteiger partial charge in [-0.3, -0.25) is 9.59 Å². The molecule has 0 aliphatic heterocycles. The highest BCUT2D eigenvalue weighted by molar-refractivity contribution is 8.76. The average molecular weight is 252 g/mol. The molecule has 0 amide bonds. The average Bonchev–Trinajstić information content (AvgIpc) is 2.22. The zero-order chi connectivity index (χ0) is 11.8. The lowest BCUT2D eigenvalue weighted by Gasteiger charge is -2.08. The van der Waals surface area contributed by atoms with Crippen molar-refractivity contribution in [3.8, 4) is 0 Å². The van der Waals surface area contributed by atoms with Crippen molar-refractivity contribution < 1.29 is 19.4 Å². The summed E-state index contributed by atoms with van der Waals surface area (Å²) in [7, 11) is 4.34. The van der Waals surface area contributed by atoms with Gasteiger partial charge < -0.3 is 9.84 Å². The van der Waals surface area contributed by atoms with E-state index in [0.717, 1.165) is 0 Å². The molecule has 0 aromatic heterocycles. The van der Waals surface area contributed by atoms with Crippen molar-refractivity contribution in [2.45, 2.75) is 13.8 Å². The van der Waals surface area contributed by atoms with Crippen LogP contribution in [-0.4, -0.2) is 35.7 Å². The molecule has 0 rings (SSSR count). The third kappa shape index (κ3) is 6.67. The Morgan fingerprint density at radius 1 is 1.20 bits per heavy atom. The first-order chi connectivity index (χ1) is 6.99. The van der Waals surface area contributed by atoms with Crippen LogP contribution in [0, 0.1) is 11.8 Å². The maximum Gasteiger partial charge on any atom is 0.309 e. The predicted octanol–water partition coefficient (Wildman–Crippen LogP) is 1.90. The molecule has 0 saturated heterocycles. The molecule has 0 aliphatic carbocycles. The van der Waals surface area contributed by atoms with Gasteiger partial charge in [0.2, 0.25) is 0 Å². The van der Waals surface area contributed by atoms with Gasteiger partial charge in [-0.1, -0.05) is 35.4 Å². The van der Waals surface area contributed by atoms with Gasteiger partial charge in [-0.25, -0.2) is 0 Å². The quantitative estimate of drug-likeness (QED) is 0.424. The number of carboxylic acid groups (broad SMARTS) is 1. The van der Waals surface area contributed by atoms with Gasteiger partial charge in [0.1, 0.15) is 0 Å². The number of rotatable bonds is 7. The van der Waals surface area contributed by atoms with Crippen molar-refractivity contribution in [1.29, 1.82) is 0 Å². The van der Waals surface area contributed by atoms with E-state index in [-0.39, 0.29) is 17.8 Å². The molecule has 0 aliphatic rings. The molecule has 0 aromatic rings. The lowest BCUT2D eigenvalue weighted by molar-refractivity contribution is -0.144. The second kappa shape index (κ2) is 7.87. The van der Waals surface area contributed by atoms with E-state index in [0.29, 0.717) is 11.5 Å². The molecule has 0 saturated carbocycles. The van der Waals surface area contributed by atoms with E-state index in [1.54, 1.807) is 13.8 Å². The Hall–Kier alpha value is -0.360. The molecule has 6 heteroatoms. The fourth-order valence-electron chi connectivity index (χ4n) is 0.641. The summed E-state index contributed by atoms with van der Waals surface area (Å²) in [5.74, 6) is -0.320. The minimum atomic E-state index is -0.788. The van der Waals surface area contributed by atoms with Crippen LogP contribution >= 0.6 is 21.6 Å². The van der Waals surface area contributed by atoms with E-state index >= 15 is 0 Å². The molecule has 0 heterocycles. The summed E-state index contributed by atoms with van der Waals surface area (Å²) in [6.45, 7) is 3.46. The Morgan fingerprint density at radius 3 is 2.07 bits per heavy atom. The molecule has 0 radical (unpaired) electrons. The van der Waals surface area contributed by atoms with Gasteiger partial charge >= 0.3 is 11.9 Å². The van der Waals surface area contributed by atoms with Crippen LogP contribution in [0.4, 0.5) is 0 Å². The lowest BCUT2D eigenvalue weighted by atomic mass is 10.2. The molecule has 0 fully saturated rings. The van der Waals surface area contributed by atoms with Crippen LogP contribution in [0.2, 0.25) is 0 Å². The fraction of sp³-hybridized carbons (Fsp3) is 0.778. The normalized spacial score (nSPS) is 14.3. The second-order valence-corrected chi connectivity index (χ2v) is 5.78. The molecule has 0 unspecified atom stereocenters. The van der Waals surface area contributed by atoms with E-state index in [9.17, 15) is 9.59 Å². The molecular formula is C9H16O4S2. The number of aliphatic carboxylic acids is 1. The van der Waals surface area contributed by atoms with Crippen molar-refractivity contribution >= 4 is 33.5 Å². The molecule has 1 N–H and O–H groups in total. The molecule has 2 atom stereocenters. The van der Waals surface area contributed by atoms with Crippen molar-refractivity contribution in [1.82, 2.24) is 0 Å². The summed E-state index contributed by atoms with van der Waals surface area (Å²) in [6, 6.07) is 0. The van der Waals surface area contributed by atoms with Gasteiger partial charge in [0.15, 0.2) is 0 Å². The van der Waals surface area contributed by atoms with E-state index in [2.05, 4.69) is 4.74 Å². The van der Waals surface area contributed by atoms with Crippen LogP contribution in [0.25, 0.3) is 0 Å². The number of ether oxygens (including phenoxy) is 1. The molecule has 15 heavy (non-hydrogen) atoms. The zero-order valence-corrected chi connectivity index (χ0v) is 10.7. The monoisotopic (exact) mass is 252 g/mol. The van der Waals surface area contributed by atoms with Crippen molar-refractivity contribution in [2.75, 3.05) is 18.6 Å². The van der Waals surface area contributed by atoms with Gasteiger partial charge in [0.05, 0.1) is 18.9 Å². The maximum atomic E-state index is 11.0. The van der Waals surface area contributed by atoms with E-state index in [1.165, 1.54) is 28.7 Å². The van der Waals surface area contributed by atoms with Crippen LogP contribution < -0.4 is 0 Å². The molecule has 88 valence electrons. The largest absolute Gasteiger partial charge is 0.481 e. The van der Waals surface area contributed by atoms with Crippen LogP contribution in [0.5, 0.6) is 0 Å². The summed E-state index contributed by atoms with van der Waals surface area (Å²) in [5.41, 5.74) is 0. The Morgan fingerprint density at radius 2 is 1.67 bits per heavy atom. The summed E-state index contributed by atoms with van der Waals surface area (Å²) in [5, 5.41) is 8.62. The van der Waals surface area contributed by atoms with E-state index < -0.39 is 5.97 Å². The second-order valence-electron chi connectivity index (χ2n) is 3.23. The molecule has 0 bridgehead atoms. The minimum absolute atomic E-state index is 0.146. The third-order valence-electron chi connectivity index (χ3n) is 1.74. The molecule has 0 aromatic carbocycles.